The van der Waals surface area contributed by atoms with Crippen molar-refractivity contribution in [3.8, 4) is 5.75 Å². The number of para-hydroxylation sites is 1. The second-order valence-electron chi connectivity index (χ2n) is 5.04. The first-order chi connectivity index (χ1) is 8.99. The third-order valence-electron chi connectivity index (χ3n) is 3.32. The second-order valence-corrected chi connectivity index (χ2v) is 5.83. The first-order valence-corrected chi connectivity index (χ1v) is 6.12. The topological polar surface area (TPSA) is 38.7 Å². The summed E-state index contributed by atoms with van der Waals surface area (Å²) >= 11 is 3.07. The van der Waals surface area contributed by atoms with Crippen LogP contribution in [0.3, 0.4) is 0 Å². The Kier molecular flexibility index (Phi) is 2.22. The monoisotopic (exact) mass is 301 g/mol. The predicted octanol–water partition coefficient (Wildman–Crippen LogP) is 2.45. The fraction of sp³-hybridized carbons (Fsp3) is 0.500. The molecule has 5 heteroatoms. The minimum Gasteiger partial charge on any atom is -0.507 e. The van der Waals surface area contributed by atoms with Crippen LogP contribution in [0, 0.1) is 0 Å². The van der Waals surface area contributed by atoms with Crippen molar-refractivity contribution in [2.45, 2.75) is 38.9 Å². The summed E-state index contributed by atoms with van der Waals surface area (Å²) in [6.45, 7) is 7.46. The van der Waals surface area contributed by atoms with Gasteiger partial charge in [0.05, 0.1) is 19.8 Å². The van der Waals surface area contributed by atoms with Crippen LogP contribution in [0.15, 0.2) is 22.6 Å². The van der Waals surface area contributed by atoms with Crippen LogP contribution in [0.25, 0.3) is 0 Å². The standard InChI is InChI=1S/C12H16BBrO3/c1-11(2)12(3,4)17-13(16-11)8-6-5-7-9(14)10(8)15/h5-7,15H,1-4H3/i5D,6D,7D. The minimum absolute atomic E-state index is 0.0724. The van der Waals surface area contributed by atoms with Crippen LogP contribution in [0.4, 0.5) is 0 Å². The summed E-state index contributed by atoms with van der Waals surface area (Å²) in [6, 6.07) is -0.763. The molecule has 1 aromatic carbocycles. The number of benzene rings is 1. The van der Waals surface area contributed by atoms with Crippen molar-refractivity contribution < 1.29 is 18.5 Å². The van der Waals surface area contributed by atoms with Gasteiger partial charge in [0, 0.05) is 5.46 Å². The van der Waals surface area contributed by atoms with Crippen LogP contribution in [-0.2, 0) is 9.31 Å². The Morgan fingerprint density at radius 1 is 1.24 bits per heavy atom. The number of phenols is 1. The van der Waals surface area contributed by atoms with Crippen molar-refractivity contribution >= 4 is 28.5 Å². The van der Waals surface area contributed by atoms with Crippen molar-refractivity contribution in [1.82, 2.24) is 0 Å². The van der Waals surface area contributed by atoms with E-state index in [2.05, 4.69) is 15.9 Å². The molecule has 1 saturated heterocycles. The SMILES string of the molecule is [2H]c1c([2H])c(Br)c(O)c(B2OC(C)(C)C(C)(C)O2)c1[2H]. The number of phenolic OH excluding ortho intramolecular Hbond substituents is 1. The molecule has 1 aliphatic rings. The first kappa shape index (κ1) is 9.42. The van der Waals surface area contributed by atoms with Gasteiger partial charge in [-0.05, 0) is 49.7 Å². The van der Waals surface area contributed by atoms with Crippen LogP contribution in [-0.4, -0.2) is 23.4 Å². The Bertz CT molecular complexity index is 533. The summed E-state index contributed by atoms with van der Waals surface area (Å²) in [5.74, 6) is -0.283. The highest BCUT2D eigenvalue weighted by atomic mass is 79.9. The average molecular weight is 302 g/mol. The zero-order chi connectivity index (χ0) is 15.5. The maximum Gasteiger partial charge on any atom is 0.498 e. The predicted molar refractivity (Wildman–Crippen MR) is 71.5 cm³/mol. The van der Waals surface area contributed by atoms with Gasteiger partial charge in [0.1, 0.15) is 5.75 Å². The molecular formula is C12H16BBrO3. The molecule has 1 N–H and O–H groups in total. The minimum atomic E-state index is -0.937. The fourth-order valence-corrected chi connectivity index (χ4v) is 1.83. The van der Waals surface area contributed by atoms with E-state index in [1.807, 2.05) is 27.7 Å². The quantitative estimate of drug-likeness (QED) is 0.810. The zero-order valence-electron chi connectivity index (χ0n) is 13.2. The van der Waals surface area contributed by atoms with Crippen molar-refractivity contribution in [2.24, 2.45) is 0 Å². The van der Waals surface area contributed by atoms with Gasteiger partial charge < -0.3 is 14.4 Å². The van der Waals surface area contributed by atoms with E-state index < -0.39 is 18.3 Å². The van der Waals surface area contributed by atoms with E-state index in [0.29, 0.717) is 0 Å². The smallest absolute Gasteiger partial charge is 0.498 e. The summed E-state index contributed by atoms with van der Waals surface area (Å²) in [5.41, 5.74) is -1.13. The molecule has 0 radical (unpaired) electrons. The molecule has 92 valence electrons. The molecule has 0 spiro atoms. The molecule has 1 fully saturated rings. The molecule has 0 bridgehead atoms. The van der Waals surface area contributed by atoms with E-state index in [0.717, 1.165) is 0 Å². The summed E-state index contributed by atoms with van der Waals surface area (Å²) in [4.78, 5) is 0. The van der Waals surface area contributed by atoms with Gasteiger partial charge in [-0.25, -0.2) is 0 Å². The van der Waals surface area contributed by atoms with Gasteiger partial charge in [0.15, 0.2) is 0 Å². The molecule has 0 atom stereocenters. The Labute approximate surface area is 115 Å². The molecule has 3 nitrogen and oxygen atoms in total. The lowest BCUT2D eigenvalue weighted by Gasteiger charge is -2.32. The van der Waals surface area contributed by atoms with E-state index in [-0.39, 0.29) is 33.8 Å². The van der Waals surface area contributed by atoms with Crippen LogP contribution in [0.5, 0.6) is 5.75 Å². The molecule has 0 saturated carbocycles. The second kappa shape index (κ2) is 4.00. The van der Waals surface area contributed by atoms with Crippen molar-refractivity contribution in [3.63, 3.8) is 0 Å². The zero-order valence-corrected chi connectivity index (χ0v) is 11.8. The van der Waals surface area contributed by atoms with Crippen LogP contribution >= 0.6 is 15.9 Å². The average Bonchev–Trinajstić information content (AvgIpc) is 2.53. The van der Waals surface area contributed by atoms with Crippen LogP contribution in [0.2, 0.25) is 0 Å². The lowest BCUT2D eigenvalue weighted by Crippen LogP contribution is -2.41. The highest BCUT2D eigenvalue weighted by molar-refractivity contribution is 9.10. The third kappa shape index (κ3) is 2.12. The Balaban J connectivity index is 2.57. The molecule has 17 heavy (non-hydrogen) atoms. The fourth-order valence-electron chi connectivity index (χ4n) is 1.52. The van der Waals surface area contributed by atoms with E-state index in [1.54, 1.807) is 0 Å². The number of aromatic hydroxyl groups is 1. The molecular weight excluding hydrogens is 283 g/mol. The number of halogens is 1. The Morgan fingerprint density at radius 3 is 2.29 bits per heavy atom. The van der Waals surface area contributed by atoms with Crippen molar-refractivity contribution in [3.05, 3.63) is 22.6 Å². The number of hydrogen-bond acceptors (Lipinski definition) is 3. The molecule has 0 amide bonds. The largest absolute Gasteiger partial charge is 0.507 e. The van der Waals surface area contributed by atoms with Crippen molar-refractivity contribution in [1.29, 1.82) is 0 Å². The van der Waals surface area contributed by atoms with Gasteiger partial charge in [-0.3, -0.25) is 0 Å². The third-order valence-corrected chi connectivity index (χ3v) is 3.90. The molecule has 1 heterocycles. The summed E-state index contributed by atoms with van der Waals surface area (Å²) < 4.78 is 35.0. The summed E-state index contributed by atoms with van der Waals surface area (Å²) in [7, 11) is -0.937. The Hall–Kier alpha value is -0.515. The lowest BCUT2D eigenvalue weighted by molar-refractivity contribution is 0.00578. The van der Waals surface area contributed by atoms with Gasteiger partial charge in [-0.1, -0.05) is 12.1 Å². The number of rotatable bonds is 1. The van der Waals surface area contributed by atoms with E-state index in [9.17, 15) is 5.11 Å². The first-order valence-electron chi connectivity index (χ1n) is 6.83. The van der Waals surface area contributed by atoms with Gasteiger partial charge in [-0.15, -0.1) is 0 Å². The maximum absolute atomic E-state index is 10.2. The van der Waals surface area contributed by atoms with Gasteiger partial charge in [0.2, 0.25) is 0 Å². The molecule has 0 aromatic heterocycles. The summed E-state index contributed by atoms with van der Waals surface area (Å²) in [5, 5.41) is 10.2. The Morgan fingerprint density at radius 2 is 1.76 bits per heavy atom. The van der Waals surface area contributed by atoms with Gasteiger partial charge in [-0.2, -0.15) is 0 Å². The van der Waals surface area contributed by atoms with E-state index in [4.69, 9.17) is 13.4 Å². The molecule has 1 aliphatic heterocycles. The molecule has 0 unspecified atom stereocenters. The van der Waals surface area contributed by atoms with E-state index in [1.165, 1.54) is 0 Å². The molecule has 0 aliphatic carbocycles. The highest BCUT2D eigenvalue weighted by Crippen LogP contribution is 2.37. The van der Waals surface area contributed by atoms with Crippen LogP contribution in [0.1, 0.15) is 31.8 Å². The normalized spacial score (nSPS) is 24.3. The molecule has 2 rings (SSSR count). The van der Waals surface area contributed by atoms with Gasteiger partial charge >= 0.3 is 7.12 Å². The van der Waals surface area contributed by atoms with Crippen LogP contribution < -0.4 is 5.46 Å². The summed E-state index contributed by atoms with van der Waals surface area (Å²) in [6.07, 6.45) is 0. The van der Waals surface area contributed by atoms with Crippen molar-refractivity contribution in [2.75, 3.05) is 0 Å². The highest BCUT2D eigenvalue weighted by Gasteiger charge is 2.52. The lowest BCUT2D eigenvalue weighted by atomic mass is 9.78. The maximum atomic E-state index is 10.2. The number of hydrogen-bond donors (Lipinski definition) is 1. The van der Waals surface area contributed by atoms with E-state index >= 15 is 0 Å². The molecule has 1 aromatic rings. The van der Waals surface area contributed by atoms with Gasteiger partial charge in [0.25, 0.3) is 0 Å².